The van der Waals surface area contributed by atoms with Gasteiger partial charge >= 0.3 is 5.97 Å². The molecule has 2 saturated heterocycles. The summed E-state index contributed by atoms with van der Waals surface area (Å²) in [6.45, 7) is 14.2. The van der Waals surface area contributed by atoms with Crippen molar-refractivity contribution in [2.45, 2.75) is 135 Å². The molecule has 4 aliphatic carbocycles. The zero-order valence-corrected chi connectivity index (χ0v) is 23.7. The van der Waals surface area contributed by atoms with Crippen molar-refractivity contribution in [3.05, 3.63) is 0 Å². The maximum Gasteiger partial charge on any atom is 0.302 e. The zero-order valence-electron chi connectivity index (χ0n) is 23.7. The van der Waals surface area contributed by atoms with Crippen molar-refractivity contribution in [1.82, 2.24) is 0 Å². The highest BCUT2D eigenvalue weighted by Gasteiger charge is 2.77. The molecule has 0 bridgehead atoms. The molecule has 7 nitrogen and oxygen atoms in total. The Morgan fingerprint density at radius 2 is 1.62 bits per heavy atom. The maximum atomic E-state index is 12.2. The van der Waals surface area contributed by atoms with Crippen molar-refractivity contribution >= 4 is 5.97 Å². The van der Waals surface area contributed by atoms with Crippen LogP contribution in [0.15, 0.2) is 0 Å². The van der Waals surface area contributed by atoms with Crippen molar-refractivity contribution in [3.8, 4) is 0 Å². The van der Waals surface area contributed by atoms with Crippen molar-refractivity contribution < 1.29 is 34.3 Å². The number of aliphatic hydroxyl groups excluding tert-OH is 2. The molecule has 6 fully saturated rings. The van der Waals surface area contributed by atoms with Crippen LogP contribution in [0.25, 0.3) is 0 Å². The summed E-state index contributed by atoms with van der Waals surface area (Å²) in [5, 5.41) is 35.1. The van der Waals surface area contributed by atoms with Crippen molar-refractivity contribution in [1.29, 1.82) is 0 Å². The number of esters is 1. The van der Waals surface area contributed by atoms with Gasteiger partial charge in [-0.3, -0.25) is 4.79 Å². The smallest absolute Gasteiger partial charge is 0.302 e. The van der Waals surface area contributed by atoms with E-state index in [2.05, 4.69) is 34.6 Å². The lowest BCUT2D eigenvalue weighted by atomic mass is 9.43. The number of rotatable bonds is 1. The van der Waals surface area contributed by atoms with Crippen LogP contribution in [-0.2, 0) is 19.0 Å². The Morgan fingerprint density at radius 3 is 2.24 bits per heavy atom. The molecule has 3 N–H and O–H groups in total. The summed E-state index contributed by atoms with van der Waals surface area (Å²) < 4.78 is 18.8. The Morgan fingerprint density at radius 1 is 0.946 bits per heavy atom. The Hall–Kier alpha value is -0.730. The van der Waals surface area contributed by atoms with Gasteiger partial charge in [-0.25, -0.2) is 0 Å². The molecule has 0 radical (unpaired) electrons. The molecule has 37 heavy (non-hydrogen) atoms. The number of carbonyl (C=O) groups is 1. The fourth-order valence-electron chi connectivity index (χ4n) is 11.0. The van der Waals surface area contributed by atoms with Crippen LogP contribution in [0.3, 0.4) is 0 Å². The lowest BCUT2D eigenvalue weighted by Crippen LogP contribution is -2.63. The quantitative estimate of drug-likeness (QED) is 0.452. The van der Waals surface area contributed by atoms with Crippen LogP contribution in [-0.4, -0.2) is 62.7 Å². The highest BCUT2D eigenvalue weighted by molar-refractivity contribution is 5.66. The van der Waals surface area contributed by atoms with Crippen LogP contribution in [0.2, 0.25) is 0 Å². The van der Waals surface area contributed by atoms with E-state index in [-0.39, 0.29) is 46.3 Å². The van der Waals surface area contributed by atoms with Gasteiger partial charge in [-0.2, -0.15) is 0 Å². The molecule has 6 rings (SSSR count). The second kappa shape index (κ2) is 7.93. The van der Waals surface area contributed by atoms with E-state index in [0.717, 1.165) is 19.3 Å². The van der Waals surface area contributed by atoms with Crippen molar-refractivity contribution in [3.63, 3.8) is 0 Å². The third-order valence-electron chi connectivity index (χ3n) is 12.8. The number of carbonyl (C=O) groups excluding carboxylic acids is 1. The SMILES string of the molecule is CC(=O)O[C@H]1C[C@@H]2CC[C@H]3[C@@H]([C@@H](O)C[C@@]4(C)[C@@H]3C[C@@H]3O[C@]5(C[C@H](C)C(C)(C)O5)[C@](C)(O)[C@@H]34)[C@@]2(C)C[C@H]1O. The summed E-state index contributed by atoms with van der Waals surface area (Å²) in [4.78, 5) is 11.6. The fourth-order valence-corrected chi connectivity index (χ4v) is 11.0. The van der Waals surface area contributed by atoms with E-state index in [9.17, 15) is 20.1 Å². The molecule has 2 aliphatic heterocycles. The summed E-state index contributed by atoms with van der Waals surface area (Å²) in [5.41, 5.74) is -1.97. The average Bonchev–Trinajstić information content (AvgIpc) is 3.25. The minimum absolute atomic E-state index is 0.0803. The van der Waals surface area contributed by atoms with Gasteiger partial charge in [0, 0.05) is 19.3 Å². The molecule has 210 valence electrons. The predicted molar refractivity (Wildman–Crippen MR) is 136 cm³/mol. The molecule has 0 aromatic rings. The van der Waals surface area contributed by atoms with Crippen molar-refractivity contribution in [2.75, 3.05) is 0 Å². The monoisotopic (exact) mass is 520 g/mol. The van der Waals surface area contributed by atoms with Gasteiger partial charge in [-0.05, 0) is 99.7 Å². The summed E-state index contributed by atoms with van der Waals surface area (Å²) in [6.07, 6.45) is 3.64. The Kier molecular flexibility index (Phi) is 5.68. The first-order valence-corrected chi connectivity index (χ1v) is 14.7. The molecular weight excluding hydrogens is 472 g/mol. The molecule has 0 amide bonds. The second-order valence-electron chi connectivity index (χ2n) is 15.1. The molecule has 2 heterocycles. The van der Waals surface area contributed by atoms with E-state index in [1.807, 2.05) is 6.92 Å². The van der Waals surface area contributed by atoms with E-state index in [1.54, 1.807) is 0 Å². The van der Waals surface area contributed by atoms with Crippen LogP contribution in [0.1, 0.15) is 93.4 Å². The molecule has 0 unspecified atom stereocenters. The Bertz CT molecular complexity index is 964. The van der Waals surface area contributed by atoms with E-state index >= 15 is 0 Å². The van der Waals surface area contributed by atoms with E-state index < -0.39 is 29.7 Å². The molecule has 4 saturated carbocycles. The molecule has 1 spiro atoms. The van der Waals surface area contributed by atoms with Crippen LogP contribution in [0.4, 0.5) is 0 Å². The second-order valence-corrected chi connectivity index (χ2v) is 15.1. The lowest BCUT2D eigenvalue weighted by Gasteiger charge is -2.63. The van der Waals surface area contributed by atoms with Gasteiger partial charge in [0.25, 0.3) is 0 Å². The summed E-state index contributed by atoms with van der Waals surface area (Å²) in [5.74, 6) is -0.133. The molecule has 0 aromatic carbocycles. The summed E-state index contributed by atoms with van der Waals surface area (Å²) >= 11 is 0. The van der Waals surface area contributed by atoms with E-state index in [0.29, 0.717) is 43.4 Å². The first-order chi connectivity index (χ1) is 17.1. The van der Waals surface area contributed by atoms with Crippen molar-refractivity contribution in [2.24, 2.45) is 46.3 Å². The number of ether oxygens (including phenoxy) is 3. The number of aliphatic hydroxyl groups is 3. The predicted octanol–water partition coefficient (Wildman–Crippen LogP) is 3.81. The van der Waals surface area contributed by atoms with E-state index in [1.165, 1.54) is 6.92 Å². The number of fused-ring (bicyclic) bond motifs is 7. The van der Waals surface area contributed by atoms with Gasteiger partial charge in [-0.1, -0.05) is 20.8 Å². The standard InChI is InChI=1S/C30H48O7/c1-15-12-30(37-26(15,3)4)29(7,34)25-23(36-30)11-19-18-9-8-17-10-22(35-16(2)31)20(32)13-27(17,5)24(18)21(33)14-28(19,25)6/h15,17-25,32-34H,8-14H2,1-7H3/t15-,17-,18+,19+,20+,21-,22-,23-,24-,25-,27-,28-,29+,30-/m0/s1. The summed E-state index contributed by atoms with van der Waals surface area (Å²) in [7, 11) is 0. The highest BCUT2D eigenvalue weighted by Crippen LogP contribution is 2.72. The van der Waals surface area contributed by atoms with Gasteiger partial charge in [0.1, 0.15) is 11.7 Å². The maximum absolute atomic E-state index is 12.2. The van der Waals surface area contributed by atoms with Crippen LogP contribution >= 0.6 is 0 Å². The third-order valence-corrected chi connectivity index (χ3v) is 12.8. The largest absolute Gasteiger partial charge is 0.460 e. The first kappa shape index (κ1) is 26.5. The Balaban J connectivity index is 1.29. The van der Waals surface area contributed by atoms with Gasteiger partial charge in [0.05, 0.1) is 23.9 Å². The van der Waals surface area contributed by atoms with Gasteiger partial charge in [0.15, 0.2) is 5.79 Å². The topological polar surface area (TPSA) is 105 Å². The molecule has 7 heteroatoms. The minimum Gasteiger partial charge on any atom is -0.460 e. The lowest BCUT2D eigenvalue weighted by molar-refractivity contribution is -0.300. The minimum atomic E-state index is -1.14. The average molecular weight is 521 g/mol. The molecule has 6 aliphatic rings. The van der Waals surface area contributed by atoms with Crippen LogP contribution < -0.4 is 0 Å². The zero-order chi connectivity index (χ0) is 26.9. The van der Waals surface area contributed by atoms with Gasteiger partial charge < -0.3 is 29.5 Å². The molecule has 14 atom stereocenters. The first-order valence-electron chi connectivity index (χ1n) is 14.7. The fraction of sp³-hybridized carbons (Fsp3) is 0.967. The third kappa shape index (κ3) is 3.39. The van der Waals surface area contributed by atoms with E-state index in [4.69, 9.17) is 14.2 Å². The van der Waals surface area contributed by atoms with Gasteiger partial charge in [0.2, 0.25) is 0 Å². The Labute approximate surface area is 221 Å². The highest BCUT2D eigenvalue weighted by atomic mass is 16.7. The normalized spacial score (nSPS) is 59.9. The number of hydrogen-bond acceptors (Lipinski definition) is 7. The summed E-state index contributed by atoms with van der Waals surface area (Å²) in [6, 6.07) is 0. The van der Waals surface area contributed by atoms with Gasteiger partial charge in [-0.15, -0.1) is 0 Å². The molecule has 0 aromatic heterocycles. The number of hydrogen-bond donors (Lipinski definition) is 3. The van der Waals surface area contributed by atoms with Crippen LogP contribution in [0.5, 0.6) is 0 Å². The van der Waals surface area contributed by atoms with Crippen LogP contribution in [0, 0.1) is 46.3 Å². The molecular formula is C30H48O7.